The summed E-state index contributed by atoms with van der Waals surface area (Å²) < 4.78 is 4.93. The Kier molecular flexibility index (Phi) is 3.65. The number of benzene rings is 1. The predicted molar refractivity (Wildman–Crippen MR) is 60.5 cm³/mol. The van der Waals surface area contributed by atoms with Gasteiger partial charge in [0.25, 0.3) is 0 Å². The minimum atomic E-state index is -1.01. The minimum Gasteiger partial charge on any atom is -0.504 e. The Balaban J connectivity index is 3.45. The van der Waals surface area contributed by atoms with Gasteiger partial charge >= 0.3 is 5.97 Å². The molecular formula is C11H13ClO4. The number of rotatable bonds is 3. The van der Waals surface area contributed by atoms with Crippen LogP contribution in [0, 0.1) is 6.92 Å². The quantitative estimate of drug-likeness (QED) is 0.858. The Bertz CT molecular complexity index is 428. The zero-order valence-electron chi connectivity index (χ0n) is 9.24. The smallest absolute Gasteiger partial charge is 0.310 e. The van der Waals surface area contributed by atoms with Crippen molar-refractivity contribution in [3.8, 4) is 11.5 Å². The second kappa shape index (κ2) is 4.61. The van der Waals surface area contributed by atoms with Crippen LogP contribution in [0.4, 0.5) is 0 Å². The van der Waals surface area contributed by atoms with E-state index in [1.54, 1.807) is 13.0 Å². The van der Waals surface area contributed by atoms with E-state index in [2.05, 4.69) is 0 Å². The lowest BCUT2D eigenvalue weighted by molar-refractivity contribution is -0.138. The number of carbonyl (C=O) groups is 1. The van der Waals surface area contributed by atoms with E-state index in [0.717, 1.165) is 0 Å². The highest BCUT2D eigenvalue weighted by Crippen LogP contribution is 2.42. The molecule has 0 amide bonds. The highest BCUT2D eigenvalue weighted by molar-refractivity contribution is 6.32. The molecule has 0 radical (unpaired) electrons. The fourth-order valence-corrected chi connectivity index (χ4v) is 1.95. The fourth-order valence-electron chi connectivity index (χ4n) is 1.62. The molecule has 0 fully saturated rings. The molecule has 5 heteroatoms. The second-order valence-corrected chi connectivity index (χ2v) is 3.94. The van der Waals surface area contributed by atoms with Gasteiger partial charge in [0, 0.05) is 5.56 Å². The van der Waals surface area contributed by atoms with E-state index in [9.17, 15) is 9.90 Å². The van der Waals surface area contributed by atoms with Crippen LogP contribution in [0.3, 0.4) is 0 Å². The Hall–Kier alpha value is -1.42. The maximum Gasteiger partial charge on any atom is 0.310 e. The maximum absolute atomic E-state index is 10.9. The number of phenolic OH excluding ortho intramolecular Hbond substituents is 1. The monoisotopic (exact) mass is 244 g/mol. The van der Waals surface area contributed by atoms with Gasteiger partial charge in [0.15, 0.2) is 11.5 Å². The largest absolute Gasteiger partial charge is 0.504 e. The number of hydrogen-bond donors (Lipinski definition) is 2. The Morgan fingerprint density at radius 1 is 1.56 bits per heavy atom. The van der Waals surface area contributed by atoms with E-state index in [1.165, 1.54) is 14.0 Å². The van der Waals surface area contributed by atoms with E-state index in [0.29, 0.717) is 11.1 Å². The lowest BCUT2D eigenvalue weighted by Crippen LogP contribution is -2.09. The van der Waals surface area contributed by atoms with Gasteiger partial charge in [0.05, 0.1) is 18.1 Å². The maximum atomic E-state index is 10.9. The number of phenols is 1. The normalized spacial score (nSPS) is 12.2. The van der Waals surface area contributed by atoms with Gasteiger partial charge in [-0.25, -0.2) is 0 Å². The average Bonchev–Trinajstić information content (AvgIpc) is 2.17. The van der Waals surface area contributed by atoms with Crippen LogP contribution in [-0.2, 0) is 4.79 Å². The fraction of sp³-hybridized carbons (Fsp3) is 0.364. The highest BCUT2D eigenvalue weighted by atomic mass is 35.5. The third-order valence-electron chi connectivity index (χ3n) is 2.46. The molecule has 0 aliphatic heterocycles. The third-order valence-corrected chi connectivity index (χ3v) is 2.74. The van der Waals surface area contributed by atoms with Crippen LogP contribution in [0.2, 0.25) is 5.02 Å². The van der Waals surface area contributed by atoms with E-state index in [4.69, 9.17) is 21.4 Å². The first-order valence-electron chi connectivity index (χ1n) is 4.68. The SMILES string of the molecule is COc1c(Cl)cc(C)c(C(C)C(=O)O)c1O. The van der Waals surface area contributed by atoms with Gasteiger partial charge in [0.2, 0.25) is 0 Å². The molecule has 16 heavy (non-hydrogen) atoms. The van der Waals surface area contributed by atoms with Crippen molar-refractivity contribution < 1.29 is 19.7 Å². The van der Waals surface area contributed by atoms with E-state index < -0.39 is 11.9 Å². The standard InChI is InChI=1S/C11H13ClO4/c1-5-4-7(12)10(16-3)9(13)8(5)6(2)11(14)15/h4,6,13H,1-3H3,(H,14,15). The lowest BCUT2D eigenvalue weighted by atomic mass is 9.95. The Morgan fingerprint density at radius 2 is 2.12 bits per heavy atom. The molecular weight excluding hydrogens is 232 g/mol. The van der Waals surface area contributed by atoms with Crippen molar-refractivity contribution in [3.05, 3.63) is 22.2 Å². The Labute approximate surface area is 98.4 Å². The zero-order chi connectivity index (χ0) is 12.5. The van der Waals surface area contributed by atoms with Crippen LogP contribution >= 0.6 is 11.6 Å². The number of aromatic hydroxyl groups is 1. The van der Waals surface area contributed by atoms with Gasteiger partial charge in [0.1, 0.15) is 0 Å². The number of carboxylic acid groups (broad SMARTS) is 1. The first-order valence-corrected chi connectivity index (χ1v) is 5.06. The number of aliphatic carboxylic acids is 1. The molecule has 4 nitrogen and oxygen atoms in total. The molecule has 0 aliphatic carbocycles. The number of hydrogen-bond acceptors (Lipinski definition) is 3. The molecule has 0 aliphatic rings. The van der Waals surface area contributed by atoms with E-state index >= 15 is 0 Å². The number of carboxylic acids is 1. The topological polar surface area (TPSA) is 66.8 Å². The summed E-state index contributed by atoms with van der Waals surface area (Å²) in [6, 6.07) is 1.58. The molecule has 2 N–H and O–H groups in total. The predicted octanol–water partition coefficient (Wildman–Crippen LogP) is 2.55. The molecule has 0 heterocycles. The van der Waals surface area contributed by atoms with E-state index in [1.807, 2.05) is 0 Å². The Morgan fingerprint density at radius 3 is 2.56 bits per heavy atom. The molecule has 0 aromatic heterocycles. The molecule has 88 valence electrons. The summed E-state index contributed by atoms with van der Waals surface area (Å²) in [7, 11) is 1.37. The first kappa shape index (κ1) is 12.6. The molecule has 0 bridgehead atoms. The molecule has 1 rings (SSSR count). The zero-order valence-corrected chi connectivity index (χ0v) is 10.00. The van der Waals surface area contributed by atoms with Gasteiger partial charge in [-0.15, -0.1) is 0 Å². The summed E-state index contributed by atoms with van der Waals surface area (Å²) in [5.41, 5.74) is 0.951. The van der Waals surface area contributed by atoms with Crippen molar-refractivity contribution in [2.24, 2.45) is 0 Å². The number of ether oxygens (including phenoxy) is 1. The third kappa shape index (κ3) is 2.07. The van der Waals surface area contributed by atoms with Crippen molar-refractivity contribution in [2.75, 3.05) is 7.11 Å². The molecule has 0 saturated heterocycles. The molecule has 0 saturated carbocycles. The summed E-state index contributed by atoms with van der Waals surface area (Å²) in [5.74, 6) is -1.92. The van der Waals surface area contributed by atoms with Gasteiger partial charge in [-0.05, 0) is 25.5 Å². The van der Waals surface area contributed by atoms with Crippen LogP contribution in [0.25, 0.3) is 0 Å². The molecule has 0 spiro atoms. The van der Waals surface area contributed by atoms with Crippen LogP contribution in [0.15, 0.2) is 6.07 Å². The van der Waals surface area contributed by atoms with Crippen LogP contribution < -0.4 is 4.74 Å². The van der Waals surface area contributed by atoms with Crippen molar-refractivity contribution in [2.45, 2.75) is 19.8 Å². The highest BCUT2D eigenvalue weighted by Gasteiger charge is 2.24. The summed E-state index contributed by atoms with van der Waals surface area (Å²) in [6.45, 7) is 3.19. The van der Waals surface area contributed by atoms with Gasteiger partial charge in [-0.1, -0.05) is 11.6 Å². The van der Waals surface area contributed by atoms with Crippen molar-refractivity contribution in [1.29, 1.82) is 0 Å². The summed E-state index contributed by atoms with van der Waals surface area (Å²) in [4.78, 5) is 10.9. The van der Waals surface area contributed by atoms with Gasteiger partial charge < -0.3 is 14.9 Å². The first-order chi connectivity index (χ1) is 7.40. The van der Waals surface area contributed by atoms with Gasteiger partial charge in [-0.3, -0.25) is 4.79 Å². The second-order valence-electron chi connectivity index (χ2n) is 3.53. The number of aryl methyl sites for hydroxylation is 1. The van der Waals surface area contributed by atoms with Crippen LogP contribution in [0.5, 0.6) is 11.5 Å². The molecule has 1 aromatic rings. The average molecular weight is 245 g/mol. The molecule has 1 atom stereocenters. The molecule has 1 unspecified atom stereocenters. The summed E-state index contributed by atoms with van der Waals surface area (Å²) in [5, 5.41) is 19.1. The van der Waals surface area contributed by atoms with Gasteiger partial charge in [-0.2, -0.15) is 0 Å². The van der Waals surface area contributed by atoms with Crippen molar-refractivity contribution in [1.82, 2.24) is 0 Å². The lowest BCUT2D eigenvalue weighted by Gasteiger charge is -2.16. The minimum absolute atomic E-state index is 0.107. The van der Waals surface area contributed by atoms with Crippen molar-refractivity contribution >= 4 is 17.6 Å². The van der Waals surface area contributed by atoms with Crippen LogP contribution in [-0.4, -0.2) is 23.3 Å². The molecule has 1 aromatic carbocycles. The summed E-state index contributed by atoms with van der Waals surface area (Å²) in [6.07, 6.45) is 0. The van der Waals surface area contributed by atoms with Crippen molar-refractivity contribution in [3.63, 3.8) is 0 Å². The van der Waals surface area contributed by atoms with E-state index in [-0.39, 0.29) is 16.5 Å². The number of methoxy groups -OCH3 is 1. The number of halogens is 1. The van der Waals surface area contributed by atoms with Crippen LogP contribution in [0.1, 0.15) is 24.0 Å². The summed E-state index contributed by atoms with van der Waals surface area (Å²) >= 11 is 5.86.